The molecule has 62 heavy (non-hydrogen) atoms. The number of hydrogen-bond acceptors (Lipinski definition) is 3. The summed E-state index contributed by atoms with van der Waals surface area (Å²) in [6.45, 7) is 0. The molecule has 3 heterocycles. The molecule has 0 N–H and O–H groups in total. The molecule has 0 atom stereocenters. The topological polar surface area (TPSA) is 48.5 Å². The van der Waals surface area contributed by atoms with E-state index < -0.39 is 0 Å². The highest BCUT2D eigenvalue weighted by Gasteiger charge is 2.22. The van der Waals surface area contributed by atoms with E-state index in [0.29, 0.717) is 17.5 Å². The number of fused-ring (bicyclic) bond motifs is 10. The minimum Gasteiger partial charge on any atom is -0.309 e. The van der Waals surface area contributed by atoms with Crippen molar-refractivity contribution in [3.63, 3.8) is 0 Å². The quantitative estimate of drug-likeness (QED) is 0.174. The van der Waals surface area contributed by atoms with Crippen LogP contribution in [-0.4, -0.2) is 24.1 Å². The van der Waals surface area contributed by atoms with Gasteiger partial charge in [0.15, 0.2) is 17.5 Å². The van der Waals surface area contributed by atoms with E-state index in [1.54, 1.807) is 0 Å². The van der Waals surface area contributed by atoms with Crippen molar-refractivity contribution in [3.05, 3.63) is 212 Å². The van der Waals surface area contributed by atoms with Crippen molar-refractivity contribution >= 4 is 75.9 Å². The zero-order chi connectivity index (χ0) is 40.7. The standard InChI is InChI=1S/C57H35N5/c1-3-17-38(18-4-1)55-58-56(40-30-29-36-15-7-8-19-39(36)33-40)60-57(59-55)47-26-13-25-44-43(47)24-14-28-51(44)62-50-27-12-11-23-45(50)48-34-49-46-32-31-37-16-9-10-22-42(37)54(46)61(52(49)35-53(48)62)41-20-5-2-6-21-41/h1-35H. The second-order valence-corrected chi connectivity index (χ2v) is 16.0. The number of aromatic nitrogens is 5. The molecule has 0 radical (unpaired) electrons. The SMILES string of the molecule is c1ccc(-c2nc(-c3ccc4ccccc4c3)nc(-c3cccc4c(-n5c6ccccc6c6cc7c8ccc9ccccc9c8n(-c8ccccc8)c7cc65)cccc34)n2)cc1. The van der Waals surface area contributed by atoms with Gasteiger partial charge in [0.05, 0.1) is 27.8 Å². The van der Waals surface area contributed by atoms with Crippen LogP contribution in [0.25, 0.3) is 121 Å². The Hall–Kier alpha value is -8.41. The van der Waals surface area contributed by atoms with Crippen LogP contribution in [0.4, 0.5) is 0 Å². The summed E-state index contributed by atoms with van der Waals surface area (Å²) in [6, 6.07) is 75.8. The van der Waals surface area contributed by atoms with Crippen molar-refractivity contribution in [2.45, 2.75) is 0 Å². The van der Waals surface area contributed by atoms with Crippen LogP contribution in [-0.2, 0) is 0 Å². The van der Waals surface area contributed by atoms with Crippen LogP contribution in [0.3, 0.4) is 0 Å². The van der Waals surface area contributed by atoms with Gasteiger partial charge in [0.2, 0.25) is 0 Å². The predicted octanol–water partition coefficient (Wildman–Crippen LogP) is 14.5. The van der Waals surface area contributed by atoms with Gasteiger partial charge < -0.3 is 9.13 Å². The molecule has 288 valence electrons. The number of rotatable bonds is 5. The maximum absolute atomic E-state index is 5.23. The molecule has 0 spiro atoms. The molecule has 0 saturated heterocycles. The van der Waals surface area contributed by atoms with Gasteiger partial charge in [-0.25, -0.2) is 15.0 Å². The molecule has 0 aliphatic carbocycles. The van der Waals surface area contributed by atoms with Crippen LogP contribution in [0.5, 0.6) is 0 Å². The summed E-state index contributed by atoms with van der Waals surface area (Å²) in [5, 5.41) is 11.9. The number of benzene rings is 10. The van der Waals surface area contributed by atoms with Crippen LogP contribution < -0.4 is 0 Å². The van der Waals surface area contributed by atoms with E-state index in [4.69, 9.17) is 15.0 Å². The molecule has 3 aromatic heterocycles. The molecule has 10 aromatic carbocycles. The van der Waals surface area contributed by atoms with Gasteiger partial charge in [-0.05, 0) is 64.0 Å². The van der Waals surface area contributed by atoms with Crippen molar-refractivity contribution in [1.82, 2.24) is 24.1 Å². The third kappa shape index (κ3) is 5.25. The maximum Gasteiger partial charge on any atom is 0.164 e. The maximum atomic E-state index is 5.23. The molecule has 13 rings (SSSR count). The Morgan fingerprint density at radius 3 is 1.76 bits per heavy atom. The van der Waals surface area contributed by atoms with Gasteiger partial charge in [-0.15, -0.1) is 0 Å². The highest BCUT2D eigenvalue weighted by Crippen LogP contribution is 2.43. The van der Waals surface area contributed by atoms with Crippen molar-refractivity contribution < 1.29 is 0 Å². The fourth-order valence-electron chi connectivity index (χ4n) is 9.70. The Labute approximate surface area is 356 Å². The van der Waals surface area contributed by atoms with Gasteiger partial charge in [0.1, 0.15) is 0 Å². The molecule has 5 nitrogen and oxygen atoms in total. The first-order valence-electron chi connectivity index (χ1n) is 21.0. The van der Waals surface area contributed by atoms with Crippen molar-refractivity contribution in [1.29, 1.82) is 0 Å². The summed E-state index contributed by atoms with van der Waals surface area (Å²) >= 11 is 0. The van der Waals surface area contributed by atoms with Gasteiger partial charge in [-0.2, -0.15) is 0 Å². The number of para-hydroxylation sites is 2. The Bertz CT molecular complexity index is 3920. The molecule has 13 aromatic rings. The average Bonchev–Trinajstić information content (AvgIpc) is 3.85. The highest BCUT2D eigenvalue weighted by atomic mass is 15.0. The molecule has 0 fully saturated rings. The van der Waals surface area contributed by atoms with Crippen molar-refractivity contribution in [3.8, 4) is 45.5 Å². The molecule has 0 saturated carbocycles. The summed E-state index contributed by atoms with van der Waals surface area (Å²) in [7, 11) is 0. The lowest BCUT2D eigenvalue weighted by Gasteiger charge is -2.15. The van der Waals surface area contributed by atoms with Gasteiger partial charge >= 0.3 is 0 Å². The Morgan fingerprint density at radius 2 is 0.903 bits per heavy atom. The van der Waals surface area contributed by atoms with Crippen LogP contribution in [0.1, 0.15) is 0 Å². The molecule has 0 aliphatic heterocycles. The summed E-state index contributed by atoms with van der Waals surface area (Å²) in [5.41, 5.74) is 9.75. The third-order valence-electron chi connectivity index (χ3n) is 12.5. The van der Waals surface area contributed by atoms with Crippen LogP contribution >= 0.6 is 0 Å². The number of nitrogens with zero attached hydrogens (tertiary/aromatic N) is 5. The smallest absolute Gasteiger partial charge is 0.164 e. The third-order valence-corrected chi connectivity index (χ3v) is 12.5. The monoisotopic (exact) mass is 789 g/mol. The molecule has 0 unspecified atom stereocenters. The van der Waals surface area contributed by atoms with Gasteiger partial charge in [-0.3, -0.25) is 0 Å². The summed E-state index contributed by atoms with van der Waals surface area (Å²) in [6.07, 6.45) is 0. The summed E-state index contributed by atoms with van der Waals surface area (Å²) < 4.78 is 4.90. The van der Waals surface area contributed by atoms with E-state index in [-0.39, 0.29) is 0 Å². The molecular weight excluding hydrogens is 755 g/mol. The minimum absolute atomic E-state index is 0.633. The second-order valence-electron chi connectivity index (χ2n) is 16.0. The highest BCUT2D eigenvalue weighted by molar-refractivity contribution is 6.23. The summed E-state index contributed by atoms with van der Waals surface area (Å²) in [5.74, 6) is 1.91. The lowest BCUT2D eigenvalue weighted by molar-refractivity contribution is 1.08. The van der Waals surface area contributed by atoms with E-state index >= 15 is 0 Å². The largest absolute Gasteiger partial charge is 0.309 e. The normalized spacial score (nSPS) is 11.9. The van der Waals surface area contributed by atoms with E-state index in [2.05, 4.69) is 203 Å². The van der Waals surface area contributed by atoms with Gasteiger partial charge in [0.25, 0.3) is 0 Å². The van der Waals surface area contributed by atoms with Crippen molar-refractivity contribution in [2.24, 2.45) is 0 Å². The lowest BCUT2D eigenvalue weighted by atomic mass is 10.0. The molecule has 5 heteroatoms. The Balaban J connectivity index is 1.07. The van der Waals surface area contributed by atoms with E-state index in [1.165, 1.54) is 48.7 Å². The molecular formula is C57H35N5. The first-order valence-corrected chi connectivity index (χ1v) is 21.0. The molecule has 0 aliphatic rings. The van der Waals surface area contributed by atoms with E-state index in [0.717, 1.165) is 55.3 Å². The van der Waals surface area contributed by atoms with Crippen molar-refractivity contribution in [2.75, 3.05) is 0 Å². The van der Waals surface area contributed by atoms with E-state index in [1.807, 2.05) is 18.2 Å². The summed E-state index contributed by atoms with van der Waals surface area (Å²) in [4.78, 5) is 15.5. The van der Waals surface area contributed by atoms with Gasteiger partial charge in [0, 0.05) is 54.7 Å². The Kier molecular flexibility index (Phi) is 7.54. The molecule has 0 bridgehead atoms. The minimum atomic E-state index is 0.633. The van der Waals surface area contributed by atoms with Crippen LogP contribution in [0, 0.1) is 0 Å². The fraction of sp³-hybridized carbons (Fsp3) is 0. The first-order chi connectivity index (χ1) is 30.7. The number of hydrogen-bond donors (Lipinski definition) is 0. The zero-order valence-electron chi connectivity index (χ0n) is 33.4. The van der Waals surface area contributed by atoms with E-state index in [9.17, 15) is 0 Å². The Morgan fingerprint density at radius 1 is 0.290 bits per heavy atom. The average molecular weight is 790 g/mol. The van der Waals surface area contributed by atoms with Gasteiger partial charge in [-0.1, -0.05) is 170 Å². The second kappa shape index (κ2) is 13.6. The zero-order valence-corrected chi connectivity index (χ0v) is 33.4. The molecule has 0 amide bonds. The predicted molar refractivity (Wildman–Crippen MR) is 257 cm³/mol. The first kappa shape index (κ1) is 34.5. The van der Waals surface area contributed by atoms with Crippen LogP contribution in [0.2, 0.25) is 0 Å². The van der Waals surface area contributed by atoms with Crippen LogP contribution in [0.15, 0.2) is 212 Å². The lowest BCUT2D eigenvalue weighted by Crippen LogP contribution is -2.01. The fourth-order valence-corrected chi connectivity index (χ4v) is 9.70.